The first-order valence-corrected chi connectivity index (χ1v) is 2.93. The van der Waals surface area contributed by atoms with E-state index in [0.717, 1.165) is 11.9 Å². The van der Waals surface area contributed by atoms with Crippen molar-refractivity contribution in [3.05, 3.63) is 12.2 Å². The molecule has 1 atom stereocenters. The summed E-state index contributed by atoms with van der Waals surface area (Å²) in [5.41, 5.74) is 0.533. The third-order valence-electron chi connectivity index (χ3n) is 1.33. The molecule has 1 aliphatic rings. The number of carbonyl (C=O) groups is 1. The number of hydrogen-bond acceptors (Lipinski definition) is 2. The van der Waals surface area contributed by atoms with Crippen molar-refractivity contribution in [1.29, 1.82) is 0 Å². The summed E-state index contributed by atoms with van der Waals surface area (Å²) in [4.78, 5) is 10.3. The van der Waals surface area contributed by atoms with Crippen LogP contribution in [0.4, 0.5) is 0 Å². The van der Waals surface area contributed by atoms with Crippen LogP contribution >= 0.6 is 0 Å². The van der Waals surface area contributed by atoms with Gasteiger partial charge in [0.25, 0.3) is 0 Å². The molecule has 50 valence electrons. The molecule has 1 saturated heterocycles. The van der Waals surface area contributed by atoms with Gasteiger partial charge in [-0.05, 0) is 6.92 Å². The smallest absolute Gasteiger partial charge is 0.154 e. The molecule has 0 aliphatic carbocycles. The Kier molecular flexibility index (Phi) is 1.41. The van der Waals surface area contributed by atoms with Crippen molar-refractivity contribution in [2.45, 2.75) is 18.9 Å². The fraction of sp³-hybridized carbons (Fsp3) is 0.571. The number of ether oxygens (including phenoxy) is 1. The van der Waals surface area contributed by atoms with Crippen LogP contribution in [0.3, 0.4) is 0 Å². The minimum absolute atomic E-state index is 0.466. The largest absolute Gasteiger partial charge is 0.361 e. The third kappa shape index (κ3) is 1.39. The summed E-state index contributed by atoms with van der Waals surface area (Å²) in [6, 6.07) is 0. The molecule has 0 spiro atoms. The molecule has 0 unspecified atom stereocenters. The first-order valence-electron chi connectivity index (χ1n) is 2.93. The molecule has 0 radical (unpaired) electrons. The molecule has 1 aliphatic heterocycles. The van der Waals surface area contributed by atoms with Gasteiger partial charge in [0.05, 0.1) is 6.61 Å². The van der Waals surface area contributed by atoms with E-state index in [1.54, 1.807) is 0 Å². The summed E-state index contributed by atoms with van der Waals surface area (Å²) in [6.07, 6.45) is 1.54. The second-order valence-corrected chi connectivity index (χ2v) is 2.61. The number of epoxide rings is 1. The Morgan fingerprint density at radius 1 is 2.00 bits per heavy atom. The molecular formula is C7H10O2. The van der Waals surface area contributed by atoms with Gasteiger partial charge in [-0.2, -0.15) is 0 Å². The average Bonchev–Trinajstić information content (AvgIpc) is 2.48. The Morgan fingerprint density at radius 2 is 2.56 bits per heavy atom. The maximum absolute atomic E-state index is 10.3. The van der Waals surface area contributed by atoms with Crippen LogP contribution in [0.2, 0.25) is 0 Å². The van der Waals surface area contributed by atoms with Gasteiger partial charge in [-0.3, -0.25) is 0 Å². The Labute approximate surface area is 54.5 Å². The minimum atomic E-state index is -0.466. The van der Waals surface area contributed by atoms with E-state index in [1.165, 1.54) is 0 Å². The Bertz CT molecular complexity index is 145. The van der Waals surface area contributed by atoms with Crippen molar-refractivity contribution < 1.29 is 9.53 Å². The lowest BCUT2D eigenvalue weighted by atomic mass is 10.0. The molecule has 0 aromatic heterocycles. The second-order valence-electron chi connectivity index (χ2n) is 2.61. The van der Waals surface area contributed by atoms with E-state index >= 15 is 0 Å². The highest BCUT2D eigenvalue weighted by molar-refractivity contribution is 5.66. The van der Waals surface area contributed by atoms with Crippen molar-refractivity contribution in [3.63, 3.8) is 0 Å². The van der Waals surface area contributed by atoms with Gasteiger partial charge < -0.3 is 9.53 Å². The number of carbonyl (C=O) groups excluding carboxylic acids is 1. The van der Waals surface area contributed by atoms with E-state index < -0.39 is 5.60 Å². The van der Waals surface area contributed by atoms with Crippen LogP contribution in [0.25, 0.3) is 0 Å². The lowest BCUT2D eigenvalue weighted by Crippen LogP contribution is -2.12. The highest BCUT2D eigenvalue weighted by Gasteiger charge is 2.44. The maximum atomic E-state index is 10.3. The van der Waals surface area contributed by atoms with E-state index in [9.17, 15) is 4.79 Å². The predicted octanol–water partition coefficient (Wildman–Crippen LogP) is 0.921. The highest BCUT2D eigenvalue weighted by Crippen LogP contribution is 2.30. The van der Waals surface area contributed by atoms with Crippen LogP contribution in [-0.4, -0.2) is 18.5 Å². The number of aldehydes is 1. The summed E-state index contributed by atoms with van der Waals surface area (Å²) < 4.78 is 4.93. The van der Waals surface area contributed by atoms with Crippen LogP contribution in [0.15, 0.2) is 12.2 Å². The number of hydrogen-bond donors (Lipinski definition) is 0. The van der Waals surface area contributed by atoms with Crippen molar-refractivity contribution in [2.75, 3.05) is 6.61 Å². The van der Waals surface area contributed by atoms with E-state index in [1.807, 2.05) is 6.92 Å². The fourth-order valence-corrected chi connectivity index (χ4v) is 0.815. The van der Waals surface area contributed by atoms with Gasteiger partial charge in [-0.25, -0.2) is 0 Å². The normalized spacial score (nSPS) is 31.7. The molecule has 0 aromatic rings. The third-order valence-corrected chi connectivity index (χ3v) is 1.33. The van der Waals surface area contributed by atoms with Gasteiger partial charge in [-0.15, -0.1) is 6.58 Å². The van der Waals surface area contributed by atoms with Crippen molar-refractivity contribution in [1.82, 2.24) is 0 Å². The maximum Gasteiger partial charge on any atom is 0.154 e. The van der Waals surface area contributed by atoms with Crippen molar-refractivity contribution in [2.24, 2.45) is 0 Å². The molecule has 1 fully saturated rings. The van der Waals surface area contributed by atoms with Crippen LogP contribution < -0.4 is 0 Å². The quantitative estimate of drug-likeness (QED) is 0.319. The van der Waals surface area contributed by atoms with Crippen molar-refractivity contribution >= 4 is 6.29 Å². The van der Waals surface area contributed by atoms with Gasteiger partial charge >= 0.3 is 0 Å². The SMILES string of the molecule is C=C(C)C[C@]1(C=O)CO1. The van der Waals surface area contributed by atoms with Gasteiger partial charge in [0, 0.05) is 6.42 Å². The molecule has 2 nitrogen and oxygen atoms in total. The van der Waals surface area contributed by atoms with Crippen LogP contribution in [0, 0.1) is 0 Å². The molecule has 1 rings (SSSR count). The molecule has 0 amide bonds. The van der Waals surface area contributed by atoms with Gasteiger partial charge in [-0.1, -0.05) is 5.57 Å². The van der Waals surface area contributed by atoms with E-state index in [2.05, 4.69) is 6.58 Å². The molecule has 0 saturated carbocycles. The molecule has 2 heteroatoms. The molecule has 0 N–H and O–H groups in total. The van der Waals surface area contributed by atoms with Gasteiger partial charge in [0.2, 0.25) is 0 Å². The average molecular weight is 126 g/mol. The molecular weight excluding hydrogens is 116 g/mol. The van der Waals surface area contributed by atoms with E-state index in [-0.39, 0.29) is 0 Å². The molecule has 0 aromatic carbocycles. The van der Waals surface area contributed by atoms with Gasteiger partial charge in [0.15, 0.2) is 11.9 Å². The standard InChI is InChI=1S/C7H10O2/c1-6(2)3-7(4-8)5-9-7/h4H,1,3,5H2,2H3/t7-/m0/s1. The van der Waals surface area contributed by atoms with Crippen molar-refractivity contribution in [3.8, 4) is 0 Å². The number of rotatable bonds is 3. The molecule has 0 bridgehead atoms. The zero-order valence-electron chi connectivity index (χ0n) is 5.52. The zero-order chi connectivity index (χ0) is 6.91. The van der Waals surface area contributed by atoms with Crippen LogP contribution in [0.5, 0.6) is 0 Å². The topological polar surface area (TPSA) is 29.6 Å². The lowest BCUT2D eigenvalue weighted by molar-refractivity contribution is -0.112. The molecule has 9 heavy (non-hydrogen) atoms. The van der Waals surface area contributed by atoms with E-state index in [4.69, 9.17) is 4.74 Å². The van der Waals surface area contributed by atoms with E-state index in [0.29, 0.717) is 13.0 Å². The fourth-order valence-electron chi connectivity index (χ4n) is 0.815. The Morgan fingerprint density at radius 3 is 2.67 bits per heavy atom. The van der Waals surface area contributed by atoms with Crippen LogP contribution in [-0.2, 0) is 9.53 Å². The monoisotopic (exact) mass is 126 g/mol. The zero-order valence-corrected chi connectivity index (χ0v) is 5.52. The Balaban J connectivity index is 2.42. The summed E-state index contributed by atoms with van der Waals surface area (Å²) >= 11 is 0. The first kappa shape index (κ1) is 6.49. The minimum Gasteiger partial charge on any atom is -0.361 e. The molecule has 1 heterocycles. The summed E-state index contributed by atoms with van der Waals surface area (Å²) in [6.45, 7) is 6.16. The first-order chi connectivity index (χ1) is 4.18. The van der Waals surface area contributed by atoms with Crippen LogP contribution in [0.1, 0.15) is 13.3 Å². The summed E-state index contributed by atoms with van der Waals surface area (Å²) in [7, 11) is 0. The highest BCUT2D eigenvalue weighted by atomic mass is 16.6. The second kappa shape index (κ2) is 1.95. The lowest BCUT2D eigenvalue weighted by Gasteiger charge is -1.99. The predicted molar refractivity (Wildman–Crippen MR) is 34.2 cm³/mol. The Hall–Kier alpha value is -0.630. The summed E-state index contributed by atoms with van der Waals surface area (Å²) in [5, 5.41) is 0. The summed E-state index contributed by atoms with van der Waals surface area (Å²) in [5.74, 6) is 0. The van der Waals surface area contributed by atoms with Gasteiger partial charge in [0.1, 0.15) is 0 Å².